The lowest BCUT2D eigenvalue weighted by Crippen LogP contribution is -2.46. The minimum absolute atomic E-state index is 0. The molecule has 0 aromatic carbocycles. The molecule has 2 fully saturated rings. The van der Waals surface area contributed by atoms with E-state index in [9.17, 15) is 4.79 Å². The van der Waals surface area contributed by atoms with Crippen LogP contribution in [0.15, 0.2) is 0 Å². The summed E-state index contributed by atoms with van der Waals surface area (Å²) in [5.41, 5.74) is 0. The number of rotatable bonds is 3. The van der Waals surface area contributed by atoms with Crippen LogP contribution in [0.5, 0.6) is 0 Å². The molecule has 0 bridgehead atoms. The fourth-order valence-corrected chi connectivity index (χ4v) is 2.67. The Morgan fingerprint density at radius 3 is 3.00 bits per heavy atom. The Hall–Kier alpha value is -0.320. The molecule has 1 N–H and O–H groups in total. The van der Waals surface area contributed by atoms with Gasteiger partial charge >= 0.3 is 0 Å². The third kappa shape index (κ3) is 3.83. The van der Waals surface area contributed by atoms with Crippen LogP contribution in [-0.4, -0.2) is 49.2 Å². The number of ether oxygens (including phenoxy) is 1. The Kier molecular flexibility index (Phi) is 6.23. The third-order valence-corrected chi connectivity index (χ3v) is 3.59. The molecule has 0 spiro atoms. The van der Waals surface area contributed by atoms with Crippen molar-refractivity contribution in [3.8, 4) is 0 Å². The molecule has 0 aromatic heterocycles. The van der Waals surface area contributed by atoms with Gasteiger partial charge in [-0.3, -0.25) is 4.79 Å². The predicted molar refractivity (Wildman–Crippen MR) is 69.5 cm³/mol. The van der Waals surface area contributed by atoms with E-state index in [0.717, 1.165) is 26.1 Å². The monoisotopic (exact) mass is 262 g/mol. The molecule has 2 aliphatic heterocycles. The van der Waals surface area contributed by atoms with E-state index in [4.69, 9.17) is 4.74 Å². The van der Waals surface area contributed by atoms with Gasteiger partial charge < -0.3 is 15.0 Å². The summed E-state index contributed by atoms with van der Waals surface area (Å²) < 4.78 is 5.37. The molecule has 2 aliphatic rings. The molecular formula is C12H23ClN2O2. The first kappa shape index (κ1) is 14.7. The van der Waals surface area contributed by atoms with E-state index in [-0.39, 0.29) is 18.4 Å². The molecule has 0 radical (unpaired) electrons. The second-order valence-corrected chi connectivity index (χ2v) is 4.72. The van der Waals surface area contributed by atoms with Gasteiger partial charge in [0.25, 0.3) is 0 Å². The molecule has 5 heteroatoms. The maximum Gasteiger partial charge on any atom is 0.224 e. The van der Waals surface area contributed by atoms with Gasteiger partial charge in [-0.25, -0.2) is 0 Å². The van der Waals surface area contributed by atoms with Crippen molar-refractivity contribution in [3.63, 3.8) is 0 Å². The summed E-state index contributed by atoms with van der Waals surface area (Å²) in [6.07, 6.45) is 4.02. The van der Waals surface area contributed by atoms with Crippen molar-refractivity contribution in [2.75, 3.05) is 26.3 Å². The average molecular weight is 263 g/mol. The van der Waals surface area contributed by atoms with E-state index in [2.05, 4.69) is 17.1 Å². The topological polar surface area (TPSA) is 41.6 Å². The van der Waals surface area contributed by atoms with Crippen LogP contribution in [0.1, 0.15) is 32.6 Å². The minimum atomic E-state index is 0. The van der Waals surface area contributed by atoms with E-state index in [0.29, 0.717) is 25.0 Å². The number of morpholine rings is 1. The van der Waals surface area contributed by atoms with Gasteiger partial charge in [-0.15, -0.1) is 12.4 Å². The summed E-state index contributed by atoms with van der Waals surface area (Å²) in [7, 11) is 0. The number of nitrogens with one attached hydrogen (secondary N) is 1. The highest BCUT2D eigenvalue weighted by molar-refractivity contribution is 5.85. The number of hydrogen-bond donors (Lipinski definition) is 1. The van der Waals surface area contributed by atoms with Crippen LogP contribution in [0.4, 0.5) is 0 Å². The molecular weight excluding hydrogens is 240 g/mol. The van der Waals surface area contributed by atoms with Crippen molar-refractivity contribution >= 4 is 18.3 Å². The summed E-state index contributed by atoms with van der Waals surface area (Å²) in [5, 5.41) is 3.33. The first-order valence-electron chi connectivity index (χ1n) is 6.42. The van der Waals surface area contributed by atoms with Crippen molar-refractivity contribution in [3.05, 3.63) is 0 Å². The van der Waals surface area contributed by atoms with Gasteiger partial charge in [0.1, 0.15) is 0 Å². The molecule has 17 heavy (non-hydrogen) atoms. The molecule has 2 saturated heterocycles. The van der Waals surface area contributed by atoms with Crippen molar-refractivity contribution in [1.82, 2.24) is 10.2 Å². The van der Waals surface area contributed by atoms with Crippen LogP contribution in [0, 0.1) is 0 Å². The van der Waals surface area contributed by atoms with Crippen LogP contribution in [0.2, 0.25) is 0 Å². The SMILES string of the molecule is CCC1CCCN1C(=O)CC1COCCN1.Cl. The zero-order valence-corrected chi connectivity index (χ0v) is 11.3. The molecule has 1 amide bonds. The molecule has 0 aromatic rings. The van der Waals surface area contributed by atoms with Crippen molar-refractivity contribution in [2.45, 2.75) is 44.7 Å². The number of hydrogen-bond acceptors (Lipinski definition) is 3. The van der Waals surface area contributed by atoms with Crippen LogP contribution < -0.4 is 5.32 Å². The smallest absolute Gasteiger partial charge is 0.224 e. The van der Waals surface area contributed by atoms with Crippen molar-refractivity contribution in [1.29, 1.82) is 0 Å². The van der Waals surface area contributed by atoms with Gasteiger partial charge in [0, 0.05) is 31.6 Å². The number of nitrogens with zero attached hydrogens (tertiary/aromatic N) is 1. The maximum absolute atomic E-state index is 12.1. The van der Waals surface area contributed by atoms with Crippen LogP contribution in [0.25, 0.3) is 0 Å². The van der Waals surface area contributed by atoms with E-state index in [1.807, 2.05) is 0 Å². The van der Waals surface area contributed by atoms with E-state index in [1.165, 1.54) is 12.8 Å². The zero-order valence-electron chi connectivity index (χ0n) is 10.5. The predicted octanol–water partition coefficient (Wildman–Crippen LogP) is 1.19. The largest absolute Gasteiger partial charge is 0.378 e. The van der Waals surface area contributed by atoms with Gasteiger partial charge in [0.2, 0.25) is 5.91 Å². The first-order valence-corrected chi connectivity index (χ1v) is 6.42. The summed E-state index contributed by atoms with van der Waals surface area (Å²) in [6, 6.07) is 0.705. The Bertz CT molecular complexity index is 245. The fourth-order valence-electron chi connectivity index (χ4n) is 2.67. The number of amides is 1. The van der Waals surface area contributed by atoms with Gasteiger partial charge in [0.05, 0.1) is 13.2 Å². The van der Waals surface area contributed by atoms with Crippen LogP contribution >= 0.6 is 12.4 Å². The molecule has 100 valence electrons. The summed E-state index contributed by atoms with van der Waals surface area (Å²) in [6.45, 7) is 5.43. The van der Waals surface area contributed by atoms with Crippen LogP contribution in [-0.2, 0) is 9.53 Å². The number of halogens is 1. The highest BCUT2D eigenvalue weighted by Crippen LogP contribution is 2.21. The quantitative estimate of drug-likeness (QED) is 0.831. The van der Waals surface area contributed by atoms with E-state index >= 15 is 0 Å². The first-order chi connectivity index (χ1) is 7.81. The Balaban J connectivity index is 0.00000144. The minimum Gasteiger partial charge on any atom is -0.378 e. The van der Waals surface area contributed by atoms with E-state index in [1.54, 1.807) is 0 Å². The average Bonchev–Trinajstić information content (AvgIpc) is 2.78. The number of likely N-dealkylation sites (tertiary alicyclic amines) is 1. The highest BCUT2D eigenvalue weighted by Gasteiger charge is 2.29. The third-order valence-electron chi connectivity index (χ3n) is 3.59. The van der Waals surface area contributed by atoms with Crippen molar-refractivity contribution < 1.29 is 9.53 Å². The van der Waals surface area contributed by atoms with Crippen molar-refractivity contribution in [2.24, 2.45) is 0 Å². The molecule has 2 unspecified atom stereocenters. The van der Waals surface area contributed by atoms with Gasteiger partial charge in [-0.05, 0) is 19.3 Å². The molecule has 0 aliphatic carbocycles. The number of carbonyl (C=O) groups is 1. The number of carbonyl (C=O) groups excluding carboxylic acids is 1. The summed E-state index contributed by atoms with van der Waals surface area (Å²) in [5.74, 6) is 0.298. The lowest BCUT2D eigenvalue weighted by atomic mass is 10.1. The summed E-state index contributed by atoms with van der Waals surface area (Å²) in [4.78, 5) is 14.2. The van der Waals surface area contributed by atoms with Gasteiger partial charge in [-0.2, -0.15) is 0 Å². The Labute approximate surface area is 109 Å². The molecule has 4 nitrogen and oxygen atoms in total. The second kappa shape index (κ2) is 7.19. The molecule has 2 atom stereocenters. The molecule has 2 rings (SSSR count). The normalized spacial score (nSPS) is 28.9. The Morgan fingerprint density at radius 2 is 2.35 bits per heavy atom. The Morgan fingerprint density at radius 1 is 1.53 bits per heavy atom. The second-order valence-electron chi connectivity index (χ2n) is 4.72. The summed E-state index contributed by atoms with van der Waals surface area (Å²) >= 11 is 0. The molecule has 0 saturated carbocycles. The zero-order chi connectivity index (χ0) is 11.4. The highest BCUT2D eigenvalue weighted by atomic mass is 35.5. The van der Waals surface area contributed by atoms with Gasteiger partial charge in [-0.1, -0.05) is 6.92 Å². The molecule has 2 heterocycles. The maximum atomic E-state index is 12.1. The van der Waals surface area contributed by atoms with Crippen LogP contribution in [0.3, 0.4) is 0 Å². The lowest BCUT2D eigenvalue weighted by Gasteiger charge is -2.28. The lowest BCUT2D eigenvalue weighted by molar-refractivity contribution is -0.133. The fraction of sp³-hybridized carbons (Fsp3) is 0.917. The van der Waals surface area contributed by atoms with Gasteiger partial charge in [0.15, 0.2) is 0 Å². The van der Waals surface area contributed by atoms with E-state index < -0.39 is 0 Å². The standard InChI is InChI=1S/C12H22N2O2.ClH/c1-2-11-4-3-6-14(11)12(15)8-10-9-16-7-5-13-10;/h10-11,13H,2-9H2,1H3;1H.